The van der Waals surface area contributed by atoms with Gasteiger partial charge in [0, 0.05) is 0 Å². The van der Waals surface area contributed by atoms with Crippen LogP contribution in [0.3, 0.4) is 0 Å². The van der Waals surface area contributed by atoms with Gasteiger partial charge in [0.05, 0.1) is 0 Å². The van der Waals surface area contributed by atoms with Crippen molar-refractivity contribution >= 4 is 24.7 Å². The Morgan fingerprint density at radius 1 is 2.00 bits per heavy atom. The second-order valence-electron chi connectivity index (χ2n) is 0.709. The number of rotatable bonds is 1. The van der Waals surface area contributed by atoms with Gasteiger partial charge in [-0.2, -0.15) is 0 Å². The molecule has 0 radical (unpaired) electrons. The maximum atomic E-state index is 9.58. The fraction of sp³-hybridized carbons (Fsp3) is 0.500. The summed E-state index contributed by atoms with van der Waals surface area (Å²) in [6.45, 7) is 0. The van der Waals surface area contributed by atoms with Gasteiger partial charge in [0.25, 0.3) is 0 Å². The molecule has 0 aliphatic rings. The normalized spacial score (nSPS) is 7.40. The zero-order valence-electron chi connectivity index (χ0n) is 2.99. The molecule has 0 saturated carbocycles. The number of halogens is 1. The van der Waals surface area contributed by atoms with Crippen LogP contribution in [0.1, 0.15) is 0 Å². The van der Waals surface area contributed by atoms with E-state index in [2.05, 4.69) is 0 Å². The number of hydrogen-bond donors (Lipinski definition) is 0. The molecule has 0 saturated heterocycles. The number of carbonyl (C=O) groups is 1. The van der Waals surface area contributed by atoms with Gasteiger partial charge >= 0.3 is 0 Å². The van der Waals surface area contributed by atoms with Crippen molar-refractivity contribution < 1.29 is 4.79 Å². The molecule has 0 N–H and O–H groups in total. The minimum atomic E-state index is -0.273. The van der Waals surface area contributed by atoms with E-state index in [1.54, 1.807) is 7.85 Å². The van der Waals surface area contributed by atoms with Crippen LogP contribution in [0.4, 0.5) is 0 Å². The Morgan fingerprint density at radius 3 is 2.20 bits per heavy atom. The molecule has 0 spiro atoms. The Labute approximate surface area is 36.7 Å². The second kappa shape index (κ2) is 2.27. The molecule has 0 aliphatic carbocycles. The van der Waals surface area contributed by atoms with E-state index in [1.165, 1.54) is 0 Å². The highest BCUT2D eigenvalue weighted by Crippen LogP contribution is 1.79. The molecule has 0 bridgehead atoms. The van der Waals surface area contributed by atoms with Gasteiger partial charge in [0.1, 0.15) is 7.85 Å². The lowest BCUT2D eigenvalue weighted by molar-refractivity contribution is -0.109. The summed E-state index contributed by atoms with van der Waals surface area (Å²) in [7, 11) is 1.72. The summed E-state index contributed by atoms with van der Waals surface area (Å²) < 4.78 is 0. The lowest BCUT2D eigenvalue weighted by Gasteiger charge is -1.67. The van der Waals surface area contributed by atoms with E-state index in [4.69, 9.17) is 11.6 Å². The monoisotopic (exact) mass is 90.0 g/mol. The summed E-state index contributed by atoms with van der Waals surface area (Å²) in [6, 6.07) is 0. The molecule has 3 heteroatoms. The van der Waals surface area contributed by atoms with Crippen LogP contribution in [0.25, 0.3) is 0 Å². The molecular weight excluding hydrogens is 86.3 g/mol. The van der Waals surface area contributed by atoms with Crippen LogP contribution in [0.5, 0.6) is 0 Å². The van der Waals surface area contributed by atoms with Crippen LogP contribution >= 0.6 is 11.6 Å². The standard InChI is InChI=1S/C2H4BClO/c3-1-2(4)5/h1,3H2. The van der Waals surface area contributed by atoms with Gasteiger partial charge < -0.3 is 0 Å². The Kier molecular flexibility index (Phi) is 2.28. The topological polar surface area (TPSA) is 17.1 Å². The molecule has 0 heterocycles. The van der Waals surface area contributed by atoms with Gasteiger partial charge in [0.2, 0.25) is 5.24 Å². The summed E-state index contributed by atoms with van der Waals surface area (Å²) in [5.74, 6) is 0. The highest BCUT2D eigenvalue weighted by atomic mass is 35.5. The predicted molar refractivity (Wildman–Crippen MR) is 24.2 cm³/mol. The van der Waals surface area contributed by atoms with Crippen LogP contribution < -0.4 is 0 Å². The van der Waals surface area contributed by atoms with Crippen molar-refractivity contribution in [2.75, 3.05) is 0 Å². The zero-order valence-corrected chi connectivity index (χ0v) is 3.75. The third-order valence-corrected chi connectivity index (χ3v) is 0.545. The average Bonchev–Trinajstić information content (AvgIpc) is 1.38. The summed E-state index contributed by atoms with van der Waals surface area (Å²) in [6.07, 6.45) is 0.432. The molecule has 0 rings (SSSR count). The number of carbonyl (C=O) groups excluding carboxylic acids is 1. The van der Waals surface area contributed by atoms with E-state index in [1.807, 2.05) is 0 Å². The maximum Gasteiger partial charge on any atom is 0.213 e. The van der Waals surface area contributed by atoms with Crippen molar-refractivity contribution in [2.24, 2.45) is 0 Å². The first-order valence-electron chi connectivity index (χ1n) is 1.45. The Morgan fingerprint density at radius 2 is 2.20 bits per heavy atom. The fourth-order valence-corrected chi connectivity index (χ4v) is 0. The summed E-state index contributed by atoms with van der Waals surface area (Å²) in [4.78, 5) is 9.58. The molecule has 0 unspecified atom stereocenters. The van der Waals surface area contributed by atoms with E-state index in [-0.39, 0.29) is 5.24 Å². The number of hydrogen-bond acceptors (Lipinski definition) is 1. The third-order valence-electron chi connectivity index (χ3n) is 0.278. The highest BCUT2D eigenvalue weighted by molar-refractivity contribution is 6.66. The van der Waals surface area contributed by atoms with Crippen molar-refractivity contribution in [2.45, 2.75) is 6.32 Å². The zero-order chi connectivity index (χ0) is 4.28. The second-order valence-corrected chi connectivity index (χ2v) is 1.13. The minimum absolute atomic E-state index is 0.273. The van der Waals surface area contributed by atoms with Crippen molar-refractivity contribution in [1.82, 2.24) is 0 Å². The summed E-state index contributed by atoms with van der Waals surface area (Å²) in [5, 5.41) is -0.273. The SMILES string of the molecule is BCC(=O)Cl. The van der Waals surface area contributed by atoms with E-state index in [9.17, 15) is 4.79 Å². The lowest BCUT2D eigenvalue weighted by Crippen LogP contribution is -1.78. The van der Waals surface area contributed by atoms with Crippen LogP contribution in [0.2, 0.25) is 6.32 Å². The molecular formula is C2H4BClO. The smallest absolute Gasteiger partial charge is 0.213 e. The van der Waals surface area contributed by atoms with E-state index >= 15 is 0 Å². The molecule has 0 atom stereocenters. The minimum Gasteiger partial charge on any atom is -0.282 e. The van der Waals surface area contributed by atoms with Gasteiger partial charge in [-0.05, 0) is 17.9 Å². The summed E-state index contributed by atoms with van der Waals surface area (Å²) >= 11 is 4.82. The van der Waals surface area contributed by atoms with E-state index in [0.29, 0.717) is 6.32 Å². The van der Waals surface area contributed by atoms with Crippen molar-refractivity contribution in [3.63, 3.8) is 0 Å². The maximum absolute atomic E-state index is 9.58. The molecule has 0 fully saturated rings. The third kappa shape index (κ3) is 4.02. The Hall–Kier alpha value is 0.0249. The van der Waals surface area contributed by atoms with Crippen LogP contribution in [-0.2, 0) is 4.79 Å². The van der Waals surface area contributed by atoms with E-state index < -0.39 is 0 Å². The van der Waals surface area contributed by atoms with E-state index in [0.717, 1.165) is 0 Å². The fourth-order valence-electron chi connectivity index (χ4n) is 0. The summed E-state index contributed by atoms with van der Waals surface area (Å²) in [5.41, 5.74) is 0. The van der Waals surface area contributed by atoms with Crippen molar-refractivity contribution in [1.29, 1.82) is 0 Å². The first-order valence-corrected chi connectivity index (χ1v) is 1.83. The first-order chi connectivity index (χ1) is 2.27. The molecule has 0 aromatic carbocycles. The lowest BCUT2D eigenvalue weighted by atomic mass is 10.1. The van der Waals surface area contributed by atoms with Gasteiger partial charge in [-0.25, -0.2) is 0 Å². The van der Waals surface area contributed by atoms with Crippen LogP contribution in [0.15, 0.2) is 0 Å². The van der Waals surface area contributed by atoms with Crippen molar-refractivity contribution in [3.8, 4) is 0 Å². The molecule has 0 aromatic rings. The average molecular weight is 90.3 g/mol. The molecule has 1 nitrogen and oxygen atoms in total. The largest absolute Gasteiger partial charge is 0.282 e. The Balaban J connectivity index is 2.85. The van der Waals surface area contributed by atoms with Crippen LogP contribution in [-0.4, -0.2) is 13.1 Å². The van der Waals surface area contributed by atoms with Crippen LogP contribution in [0, 0.1) is 0 Å². The highest BCUT2D eigenvalue weighted by Gasteiger charge is 1.81. The van der Waals surface area contributed by atoms with Gasteiger partial charge in [-0.1, -0.05) is 0 Å². The van der Waals surface area contributed by atoms with Gasteiger partial charge in [-0.3, -0.25) is 4.79 Å². The molecule has 0 aromatic heterocycles. The molecule has 0 amide bonds. The molecule has 0 aliphatic heterocycles. The molecule has 28 valence electrons. The van der Waals surface area contributed by atoms with Crippen molar-refractivity contribution in [3.05, 3.63) is 0 Å². The quantitative estimate of drug-likeness (QED) is 0.322. The first kappa shape index (κ1) is 5.02. The predicted octanol–water partition coefficient (Wildman–Crippen LogP) is -0.197. The molecule has 5 heavy (non-hydrogen) atoms. The van der Waals surface area contributed by atoms with Gasteiger partial charge in [-0.15, -0.1) is 0 Å². The Bertz CT molecular complexity index is 44.9. The van der Waals surface area contributed by atoms with Gasteiger partial charge in [0.15, 0.2) is 0 Å².